The Bertz CT molecular complexity index is 1310. The first-order chi connectivity index (χ1) is 29.6. The molecule has 5 saturated heterocycles. The molecule has 0 aromatic rings. The maximum Gasteiger partial charge on any atom is 0.187 e. The molecule has 5 rings (SSSR count). The fraction of sp³-hybridized carbons (Fsp3) is 1.00. The van der Waals surface area contributed by atoms with Crippen molar-refractivity contribution in [2.24, 2.45) is 0 Å². The Balaban J connectivity index is 1.39. The molecule has 0 saturated carbocycles. The molecule has 5 heterocycles. The molecule has 0 amide bonds. The summed E-state index contributed by atoms with van der Waals surface area (Å²) in [5.74, 6) is 0.194. The van der Waals surface area contributed by atoms with E-state index in [0.29, 0.717) is 0 Å². The monoisotopic (exact) mass is 934 g/mol. The smallest absolute Gasteiger partial charge is 0.187 e. The summed E-state index contributed by atoms with van der Waals surface area (Å²) in [6.45, 7) is -4.54. The molecule has 0 bridgehead atoms. The summed E-state index contributed by atoms with van der Waals surface area (Å²) in [7, 11) is 0. The summed E-state index contributed by atoms with van der Waals surface area (Å²) in [6, 6.07) is 0. The van der Waals surface area contributed by atoms with Gasteiger partial charge in [0, 0.05) is 5.88 Å². The highest BCUT2D eigenvalue weighted by atomic mass is 35.5. The van der Waals surface area contributed by atoms with Crippen molar-refractivity contribution in [2.75, 3.05) is 58.7 Å². The van der Waals surface area contributed by atoms with Gasteiger partial charge in [-0.2, -0.15) is 0 Å². The summed E-state index contributed by atoms with van der Waals surface area (Å²) in [6.07, 6.45) is -47.1. The van der Waals surface area contributed by atoms with Crippen LogP contribution in [0.15, 0.2) is 0 Å². The molecule has 0 aromatic heterocycles. The second kappa shape index (κ2) is 23.8. The lowest BCUT2D eigenvalue weighted by molar-refractivity contribution is -0.407. The highest BCUT2D eigenvalue weighted by Gasteiger charge is 2.57. The van der Waals surface area contributed by atoms with E-state index in [9.17, 15) is 81.7 Å². The van der Waals surface area contributed by atoms with Gasteiger partial charge >= 0.3 is 0 Å². The van der Waals surface area contributed by atoms with Gasteiger partial charge in [-0.15, -0.1) is 11.6 Å². The van der Waals surface area contributed by atoms with Crippen LogP contribution < -0.4 is 0 Å². The highest BCUT2D eigenvalue weighted by Crippen LogP contribution is 2.36. The van der Waals surface area contributed by atoms with Gasteiger partial charge in [0.1, 0.15) is 122 Å². The van der Waals surface area contributed by atoms with Crippen LogP contribution in [0.2, 0.25) is 0 Å². The van der Waals surface area contributed by atoms with Crippen molar-refractivity contribution in [3.05, 3.63) is 0 Å². The SMILES string of the molecule is OCC1O[C@H](OC2C(O)[C@H](O)C(CO)O[C@@H]2OC2C(O)[C@H](O)C(CO)O[C@@H]2OC2C(O)[C@@H](OC3C(O)[C@@H](OCCOCCCl)OC(CO)[C@H]3O)OC(CO)[C@H]2O)C(O)C(O)[C@@H]1O. The van der Waals surface area contributed by atoms with Crippen LogP contribution in [0.4, 0.5) is 0 Å². The van der Waals surface area contributed by atoms with Gasteiger partial charge in [0.15, 0.2) is 31.5 Å². The lowest BCUT2D eigenvalue weighted by atomic mass is 9.95. The van der Waals surface area contributed by atoms with Crippen molar-refractivity contribution in [3.63, 3.8) is 0 Å². The minimum Gasteiger partial charge on any atom is -0.394 e. The van der Waals surface area contributed by atoms with Crippen molar-refractivity contribution in [2.45, 2.75) is 154 Å². The summed E-state index contributed by atoms with van der Waals surface area (Å²) in [5.41, 5.74) is 0. The molecule has 62 heavy (non-hydrogen) atoms. The van der Waals surface area contributed by atoms with Crippen molar-refractivity contribution in [1.29, 1.82) is 0 Å². The van der Waals surface area contributed by atoms with E-state index < -0.39 is 187 Å². The van der Waals surface area contributed by atoms with Gasteiger partial charge in [-0.05, 0) is 0 Å². The van der Waals surface area contributed by atoms with E-state index in [1.165, 1.54) is 0 Å². The number of rotatable bonds is 19. The Morgan fingerprint density at radius 3 is 1.11 bits per heavy atom. The van der Waals surface area contributed by atoms with Crippen molar-refractivity contribution in [3.8, 4) is 0 Å². The van der Waals surface area contributed by atoms with E-state index in [1.807, 2.05) is 0 Å². The van der Waals surface area contributed by atoms with Gasteiger partial charge in [0.05, 0.1) is 52.9 Å². The second-order valence-corrected chi connectivity index (χ2v) is 15.5. The molecular weight excluding hydrogens is 876 g/mol. The van der Waals surface area contributed by atoms with Gasteiger partial charge in [-0.3, -0.25) is 0 Å². The van der Waals surface area contributed by atoms with Crippen molar-refractivity contribution in [1.82, 2.24) is 0 Å². The van der Waals surface area contributed by atoms with E-state index in [1.54, 1.807) is 0 Å². The largest absolute Gasteiger partial charge is 0.394 e. The fourth-order valence-electron chi connectivity index (χ4n) is 7.48. The predicted molar refractivity (Wildman–Crippen MR) is 192 cm³/mol. The highest BCUT2D eigenvalue weighted by molar-refractivity contribution is 6.17. The number of hydrogen-bond donors (Lipinski definition) is 16. The van der Waals surface area contributed by atoms with E-state index in [4.69, 9.17) is 63.7 Å². The molecular formula is C34H59ClO27. The molecule has 0 radical (unpaired) electrons. The predicted octanol–water partition coefficient (Wildman–Crippen LogP) is -10.6. The lowest BCUT2D eigenvalue weighted by Crippen LogP contribution is -2.68. The first-order valence-corrected chi connectivity index (χ1v) is 20.3. The van der Waals surface area contributed by atoms with Crippen LogP contribution in [-0.2, 0) is 52.1 Å². The zero-order valence-corrected chi connectivity index (χ0v) is 33.6. The maximum absolute atomic E-state index is 11.6. The van der Waals surface area contributed by atoms with Crippen LogP contribution in [0.1, 0.15) is 0 Å². The first kappa shape index (κ1) is 52.2. The zero-order valence-electron chi connectivity index (χ0n) is 32.8. The molecule has 27 nitrogen and oxygen atoms in total. The number of halogens is 1. The molecule has 0 aromatic carbocycles. The summed E-state index contributed by atoms with van der Waals surface area (Å²) >= 11 is 5.59. The third kappa shape index (κ3) is 11.5. The van der Waals surface area contributed by atoms with Crippen molar-refractivity contribution < 1.29 is 134 Å². The Morgan fingerprint density at radius 2 is 0.661 bits per heavy atom. The number of aliphatic hydroxyl groups excluding tert-OH is 16. The Kier molecular flexibility index (Phi) is 20.0. The number of hydrogen-bond acceptors (Lipinski definition) is 27. The fourth-order valence-corrected chi connectivity index (χ4v) is 7.59. The second-order valence-electron chi connectivity index (χ2n) is 15.1. The molecule has 364 valence electrons. The summed E-state index contributed by atoms with van der Waals surface area (Å²) < 4.78 is 61.7. The standard InChI is InChI=1S/C34H59ClO27/c35-1-2-52-3-4-53-30-24(50)26(18(44)13(8-39)54-30)59-32-25(51)27(19(45)14(9-40)56-32)60-33-29(22(48)17(43)11(6-37)57-33)62-34-28(21(47)16(42)12(7-38)58-34)61-31-23(49)20(46)15(41)10(5-36)55-31/h10-34,36-51H,1-9H2/t10?,11?,12?,13?,14?,15-,16-,17-,18-,19-,20?,21?,22?,23?,24?,25?,26?,27?,28?,29?,30+,31-,32-,33-,34-/m1/s1. The normalized spacial score (nSPS) is 49.2. The molecule has 16 N–H and O–H groups in total. The third-order valence-electron chi connectivity index (χ3n) is 11.0. The van der Waals surface area contributed by atoms with Crippen LogP contribution in [0.25, 0.3) is 0 Å². The summed E-state index contributed by atoms with van der Waals surface area (Å²) in [4.78, 5) is 0. The topological polar surface area (TPSA) is 425 Å². The van der Waals surface area contributed by atoms with Gasteiger partial charge in [-0.1, -0.05) is 0 Å². The minimum atomic E-state index is -2.16. The van der Waals surface area contributed by atoms with Crippen molar-refractivity contribution >= 4 is 11.6 Å². The van der Waals surface area contributed by atoms with E-state index in [-0.39, 0.29) is 25.7 Å². The van der Waals surface area contributed by atoms with E-state index in [0.717, 1.165) is 0 Å². The Hall–Kier alpha value is -0.790. The average molecular weight is 935 g/mol. The molecule has 15 unspecified atom stereocenters. The molecule has 0 aliphatic carbocycles. The van der Waals surface area contributed by atoms with Crippen LogP contribution in [0, 0.1) is 0 Å². The maximum atomic E-state index is 11.6. The van der Waals surface area contributed by atoms with E-state index >= 15 is 0 Å². The van der Waals surface area contributed by atoms with Gasteiger partial charge in [0.2, 0.25) is 0 Å². The molecule has 0 spiro atoms. The van der Waals surface area contributed by atoms with Crippen LogP contribution in [0.3, 0.4) is 0 Å². The minimum absolute atomic E-state index is 0.0108. The Morgan fingerprint density at radius 1 is 0.323 bits per heavy atom. The molecule has 25 atom stereocenters. The quantitative estimate of drug-likeness (QED) is 0.0422. The molecule has 28 heteroatoms. The van der Waals surface area contributed by atoms with Crippen LogP contribution >= 0.6 is 11.6 Å². The number of aliphatic hydroxyl groups is 16. The summed E-state index contributed by atoms with van der Waals surface area (Å²) in [5, 5.41) is 170. The van der Waals surface area contributed by atoms with Gasteiger partial charge in [0.25, 0.3) is 0 Å². The molecule has 5 fully saturated rings. The van der Waals surface area contributed by atoms with Crippen LogP contribution in [-0.4, -0.2) is 294 Å². The van der Waals surface area contributed by atoms with Gasteiger partial charge in [-0.25, -0.2) is 0 Å². The number of ether oxygens (including phenoxy) is 11. The average Bonchev–Trinajstić information content (AvgIpc) is 3.26. The first-order valence-electron chi connectivity index (χ1n) is 19.7. The third-order valence-corrected chi connectivity index (χ3v) is 11.2. The van der Waals surface area contributed by atoms with Crippen LogP contribution in [0.5, 0.6) is 0 Å². The molecule has 5 aliphatic heterocycles. The molecule has 5 aliphatic rings. The van der Waals surface area contributed by atoms with E-state index in [2.05, 4.69) is 0 Å². The lowest BCUT2D eigenvalue weighted by Gasteiger charge is -2.50. The zero-order chi connectivity index (χ0) is 45.6. The number of alkyl halides is 1. The Labute approximate surface area is 357 Å². The van der Waals surface area contributed by atoms with Gasteiger partial charge < -0.3 is 134 Å².